The minimum atomic E-state index is -0.261. The van der Waals surface area contributed by atoms with E-state index in [-0.39, 0.29) is 24.9 Å². The predicted octanol–water partition coefficient (Wildman–Crippen LogP) is 0.136. The van der Waals surface area contributed by atoms with E-state index in [0.29, 0.717) is 5.69 Å². The number of carbonyl (C=O) groups excluding carboxylic acids is 2. The Hall–Kier alpha value is -1.95. The van der Waals surface area contributed by atoms with E-state index in [0.717, 1.165) is 12.5 Å². The van der Waals surface area contributed by atoms with E-state index >= 15 is 0 Å². The van der Waals surface area contributed by atoms with Crippen LogP contribution in [-0.4, -0.2) is 36.4 Å². The fourth-order valence-corrected chi connectivity index (χ4v) is 1.60. The molecule has 6 heteroatoms. The molecule has 0 atom stereocenters. The van der Waals surface area contributed by atoms with Crippen molar-refractivity contribution in [3.05, 3.63) is 24.5 Å². The number of rotatable bonds is 7. The van der Waals surface area contributed by atoms with Crippen LogP contribution < -0.4 is 16.0 Å². The highest BCUT2D eigenvalue weighted by molar-refractivity contribution is 5.94. The standard InChI is InChI=1S/C13H18N4O2/c18-12(8-15-6-10-3-4-10)16-9-13(19)17-11-2-1-5-14-7-11/h1-2,5,7,10,15H,3-4,6,8-9H2,(H,16,18)(H,17,19). The molecule has 0 aliphatic heterocycles. The van der Waals surface area contributed by atoms with E-state index in [4.69, 9.17) is 0 Å². The number of pyridine rings is 1. The summed E-state index contributed by atoms with van der Waals surface area (Å²) in [6.07, 6.45) is 5.68. The van der Waals surface area contributed by atoms with Gasteiger partial charge in [-0.2, -0.15) is 0 Å². The molecule has 1 fully saturated rings. The van der Waals surface area contributed by atoms with Crippen LogP contribution >= 0.6 is 0 Å². The van der Waals surface area contributed by atoms with Gasteiger partial charge in [-0.15, -0.1) is 0 Å². The monoisotopic (exact) mass is 262 g/mol. The van der Waals surface area contributed by atoms with Crippen molar-refractivity contribution in [1.29, 1.82) is 0 Å². The van der Waals surface area contributed by atoms with Crippen molar-refractivity contribution >= 4 is 17.5 Å². The maximum Gasteiger partial charge on any atom is 0.243 e. The van der Waals surface area contributed by atoms with Crippen molar-refractivity contribution < 1.29 is 9.59 Å². The lowest BCUT2D eigenvalue weighted by atomic mass is 10.4. The van der Waals surface area contributed by atoms with Crippen molar-refractivity contribution in [3.8, 4) is 0 Å². The smallest absolute Gasteiger partial charge is 0.243 e. The lowest BCUT2D eigenvalue weighted by Gasteiger charge is -2.07. The minimum absolute atomic E-state index is 0.0289. The average molecular weight is 262 g/mol. The van der Waals surface area contributed by atoms with Crippen LogP contribution in [0.2, 0.25) is 0 Å². The Kier molecular flexibility index (Phi) is 4.85. The fourth-order valence-electron chi connectivity index (χ4n) is 1.60. The first-order chi connectivity index (χ1) is 9.24. The number of nitrogens with zero attached hydrogens (tertiary/aromatic N) is 1. The number of hydrogen-bond acceptors (Lipinski definition) is 4. The van der Waals surface area contributed by atoms with Crippen molar-refractivity contribution in [2.45, 2.75) is 12.8 Å². The highest BCUT2D eigenvalue weighted by Gasteiger charge is 2.20. The van der Waals surface area contributed by atoms with Crippen LogP contribution in [0.25, 0.3) is 0 Å². The molecule has 1 aromatic rings. The summed E-state index contributed by atoms with van der Waals surface area (Å²) in [5.74, 6) is 0.312. The van der Waals surface area contributed by atoms with E-state index in [1.54, 1.807) is 24.5 Å². The molecule has 2 rings (SSSR count). The topological polar surface area (TPSA) is 83.1 Å². The van der Waals surface area contributed by atoms with E-state index in [1.807, 2.05) is 0 Å². The van der Waals surface area contributed by atoms with Crippen LogP contribution in [0.15, 0.2) is 24.5 Å². The van der Waals surface area contributed by atoms with Gasteiger partial charge in [-0.25, -0.2) is 0 Å². The third-order valence-corrected chi connectivity index (χ3v) is 2.81. The SMILES string of the molecule is O=C(CNCC1CC1)NCC(=O)Nc1cccnc1. The maximum atomic E-state index is 11.5. The molecule has 1 saturated carbocycles. The first kappa shape index (κ1) is 13.5. The van der Waals surface area contributed by atoms with Gasteiger partial charge in [-0.05, 0) is 37.4 Å². The molecule has 0 bridgehead atoms. The Balaban J connectivity index is 1.58. The Morgan fingerprint density at radius 3 is 2.79 bits per heavy atom. The summed E-state index contributed by atoms with van der Waals surface area (Å²) in [5, 5.41) is 8.27. The number of nitrogens with one attached hydrogen (secondary N) is 3. The molecular formula is C13H18N4O2. The van der Waals surface area contributed by atoms with Crippen molar-refractivity contribution in [1.82, 2.24) is 15.6 Å². The lowest BCUT2D eigenvalue weighted by molar-refractivity contribution is -0.123. The minimum Gasteiger partial charge on any atom is -0.346 e. The van der Waals surface area contributed by atoms with Gasteiger partial charge in [0.2, 0.25) is 11.8 Å². The molecule has 2 amide bonds. The van der Waals surface area contributed by atoms with Crippen LogP contribution in [-0.2, 0) is 9.59 Å². The Bertz CT molecular complexity index is 432. The molecule has 0 aromatic carbocycles. The number of carbonyl (C=O) groups is 2. The van der Waals surface area contributed by atoms with Gasteiger partial charge in [0.25, 0.3) is 0 Å². The zero-order valence-corrected chi connectivity index (χ0v) is 10.7. The van der Waals surface area contributed by atoms with E-state index in [9.17, 15) is 9.59 Å². The zero-order chi connectivity index (χ0) is 13.5. The molecule has 1 aromatic heterocycles. The largest absolute Gasteiger partial charge is 0.346 e. The molecule has 0 spiro atoms. The molecule has 19 heavy (non-hydrogen) atoms. The Morgan fingerprint density at radius 2 is 2.11 bits per heavy atom. The van der Waals surface area contributed by atoms with Crippen molar-refractivity contribution in [3.63, 3.8) is 0 Å². The maximum absolute atomic E-state index is 11.5. The molecule has 6 nitrogen and oxygen atoms in total. The van der Waals surface area contributed by atoms with Gasteiger partial charge in [-0.3, -0.25) is 14.6 Å². The molecule has 102 valence electrons. The first-order valence-electron chi connectivity index (χ1n) is 6.41. The predicted molar refractivity (Wildman–Crippen MR) is 71.5 cm³/mol. The van der Waals surface area contributed by atoms with Crippen molar-refractivity contribution in [2.24, 2.45) is 5.92 Å². The van der Waals surface area contributed by atoms with E-state index in [2.05, 4.69) is 20.9 Å². The summed E-state index contributed by atoms with van der Waals surface area (Å²) in [6.45, 7) is 1.12. The summed E-state index contributed by atoms with van der Waals surface area (Å²) in [6, 6.07) is 3.47. The van der Waals surface area contributed by atoms with Crippen LogP contribution in [0.3, 0.4) is 0 Å². The lowest BCUT2D eigenvalue weighted by Crippen LogP contribution is -2.38. The average Bonchev–Trinajstić information content (AvgIpc) is 3.22. The number of amides is 2. The molecule has 0 radical (unpaired) electrons. The van der Waals surface area contributed by atoms with Gasteiger partial charge >= 0.3 is 0 Å². The summed E-state index contributed by atoms with van der Waals surface area (Å²) >= 11 is 0. The zero-order valence-electron chi connectivity index (χ0n) is 10.7. The third kappa shape index (κ3) is 5.48. The molecule has 0 unspecified atom stereocenters. The Morgan fingerprint density at radius 1 is 1.26 bits per heavy atom. The molecule has 0 saturated heterocycles. The van der Waals surface area contributed by atoms with Crippen LogP contribution in [0.4, 0.5) is 5.69 Å². The second kappa shape index (κ2) is 6.84. The van der Waals surface area contributed by atoms with Crippen LogP contribution in [0, 0.1) is 5.92 Å². The summed E-state index contributed by atoms with van der Waals surface area (Å²) < 4.78 is 0. The summed E-state index contributed by atoms with van der Waals surface area (Å²) in [7, 11) is 0. The second-order valence-electron chi connectivity index (χ2n) is 4.64. The highest BCUT2D eigenvalue weighted by Crippen LogP contribution is 2.27. The number of hydrogen-bond donors (Lipinski definition) is 3. The van der Waals surface area contributed by atoms with E-state index in [1.165, 1.54) is 12.8 Å². The summed E-state index contributed by atoms with van der Waals surface area (Å²) in [5.41, 5.74) is 0.619. The third-order valence-electron chi connectivity index (χ3n) is 2.81. The second-order valence-corrected chi connectivity index (χ2v) is 4.64. The van der Waals surface area contributed by atoms with E-state index < -0.39 is 0 Å². The first-order valence-corrected chi connectivity index (χ1v) is 6.41. The molecule has 1 heterocycles. The van der Waals surface area contributed by atoms with Gasteiger partial charge in [-0.1, -0.05) is 0 Å². The molecular weight excluding hydrogens is 244 g/mol. The van der Waals surface area contributed by atoms with Gasteiger partial charge < -0.3 is 16.0 Å². The Labute approximate surface area is 112 Å². The van der Waals surface area contributed by atoms with Crippen LogP contribution in [0.1, 0.15) is 12.8 Å². The molecule has 1 aliphatic rings. The van der Waals surface area contributed by atoms with Crippen LogP contribution in [0.5, 0.6) is 0 Å². The number of aromatic nitrogens is 1. The molecule has 3 N–H and O–H groups in total. The van der Waals surface area contributed by atoms with Gasteiger partial charge in [0, 0.05) is 6.20 Å². The summed E-state index contributed by atoms with van der Waals surface area (Å²) in [4.78, 5) is 26.9. The van der Waals surface area contributed by atoms with Crippen molar-refractivity contribution in [2.75, 3.05) is 25.0 Å². The molecule has 1 aliphatic carbocycles. The van der Waals surface area contributed by atoms with Gasteiger partial charge in [0.15, 0.2) is 0 Å². The quantitative estimate of drug-likeness (QED) is 0.652. The number of anilines is 1. The fraction of sp³-hybridized carbons (Fsp3) is 0.462. The van der Waals surface area contributed by atoms with Gasteiger partial charge in [0.1, 0.15) is 0 Å². The highest BCUT2D eigenvalue weighted by atomic mass is 16.2. The van der Waals surface area contributed by atoms with Gasteiger partial charge in [0.05, 0.1) is 25.0 Å². The normalized spacial score (nSPS) is 13.9.